The normalized spacial score (nSPS) is 57.8. The van der Waals surface area contributed by atoms with Crippen molar-refractivity contribution >= 4 is 0 Å². The molecule has 9 N–H and O–H groups in total. The zero-order valence-corrected chi connectivity index (χ0v) is 34.2. The lowest BCUT2D eigenvalue weighted by molar-refractivity contribution is -0.368. The highest BCUT2D eigenvalue weighted by molar-refractivity contribution is 5.31. The molecule has 56 heavy (non-hydrogen) atoms. The van der Waals surface area contributed by atoms with Gasteiger partial charge in [0.2, 0.25) is 0 Å². The van der Waals surface area contributed by atoms with Crippen LogP contribution in [0.2, 0.25) is 0 Å². The fourth-order valence-corrected chi connectivity index (χ4v) is 15.0. The largest absolute Gasteiger partial charge is 0.394 e. The van der Waals surface area contributed by atoms with Gasteiger partial charge >= 0.3 is 0 Å². The third-order valence-electron chi connectivity index (χ3n) is 18.2. The van der Waals surface area contributed by atoms with Crippen LogP contribution in [-0.2, 0) is 23.7 Å². The summed E-state index contributed by atoms with van der Waals surface area (Å²) in [5.41, 5.74) is -0.696. The van der Waals surface area contributed by atoms with Gasteiger partial charge in [0.15, 0.2) is 12.6 Å². The number of rotatable bonds is 8. The molecule has 5 aliphatic carbocycles. The molecule has 14 heteroatoms. The van der Waals surface area contributed by atoms with Crippen LogP contribution in [0.15, 0.2) is 0 Å². The first-order valence-corrected chi connectivity index (χ1v) is 21.4. The fraction of sp³-hybridized carbons (Fsp3) is 1.00. The monoisotopic (exact) mass is 798 g/mol. The van der Waals surface area contributed by atoms with Crippen LogP contribution < -0.4 is 0 Å². The Balaban J connectivity index is 0.982. The summed E-state index contributed by atoms with van der Waals surface area (Å²) in [4.78, 5) is 0. The predicted molar refractivity (Wildman–Crippen MR) is 198 cm³/mol. The molecule has 0 unspecified atom stereocenters. The van der Waals surface area contributed by atoms with Gasteiger partial charge in [-0.2, -0.15) is 0 Å². The average molecular weight is 799 g/mol. The number of hydrogen-bond acceptors (Lipinski definition) is 14. The zero-order valence-electron chi connectivity index (χ0n) is 34.2. The van der Waals surface area contributed by atoms with E-state index in [4.69, 9.17) is 23.7 Å². The number of fused-ring (bicyclic) bond motifs is 2. The number of aliphatic hydroxyl groups excluding tert-OH is 9. The maximum atomic E-state index is 12.0. The Hall–Kier alpha value is -0.560. The summed E-state index contributed by atoms with van der Waals surface area (Å²) in [5.74, 6) is 1.02. The summed E-state index contributed by atoms with van der Waals surface area (Å²) < 4.78 is 30.5. The van der Waals surface area contributed by atoms with E-state index >= 15 is 0 Å². The Morgan fingerprint density at radius 1 is 0.661 bits per heavy atom. The van der Waals surface area contributed by atoms with Gasteiger partial charge in [-0.05, 0) is 116 Å². The molecule has 0 aromatic rings. The van der Waals surface area contributed by atoms with Gasteiger partial charge in [0.25, 0.3) is 0 Å². The highest BCUT2D eigenvalue weighted by Gasteiger charge is 2.83. The molecular formula is C42H70O14. The lowest BCUT2D eigenvalue weighted by Gasteiger charge is -2.63. The summed E-state index contributed by atoms with van der Waals surface area (Å²) in [5, 5.41) is 96.4. The van der Waals surface area contributed by atoms with E-state index in [-0.39, 0.29) is 51.1 Å². The fourth-order valence-electron chi connectivity index (χ4n) is 15.0. The molecule has 0 aromatic carbocycles. The van der Waals surface area contributed by atoms with Crippen LogP contribution in [0, 0.1) is 50.7 Å². The van der Waals surface area contributed by atoms with Crippen LogP contribution >= 0.6 is 0 Å². The van der Waals surface area contributed by atoms with Crippen molar-refractivity contribution in [2.75, 3.05) is 13.2 Å². The minimum Gasteiger partial charge on any atom is -0.394 e. The molecule has 8 fully saturated rings. The third kappa shape index (κ3) is 5.78. The molecule has 3 saturated heterocycles. The van der Waals surface area contributed by atoms with E-state index in [9.17, 15) is 46.0 Å². The highest BCUT2D eigenvalue weighted by Crippen LogP contribution is 2.89. The molecular weight excluding hydrogens is 728 g/mol. The summed E-state index contributed by atoms with van der Waals surface area (Å²) in [6.45, 7) is 14.3. The molecule has 14 nitrogen and oxygen atoms in total. The Morgan fingerprint density at radius 3 is 1.89 bits per heavy atom. The van der Waals surface area contributed by atoms with Gasteiger partial charge in [0, 0.05) is 6.42 Å². The van der Waals surface area contributed by atoms with Crippen LogP contribution in [0.1, 0.15) is 106 Å². The summed E-state index contributed by atoms with van der Waals surface area (Å²) in [7, 11) is 0. The predicted octanol–water partition coefficient (Wildman–Crippen LogP) is 0.970. The van der Waals surface area contributed by atoms with E-state index in [0.29, 0.717) is 18.3 Å². The highest BCUT2D eigenvalue weighted by atomic mass is 16.7. The van der Waals surface area contributed by atoms with Crippen molar-refractivity contribution in [3.8, 4) is 0 Å². The number of aliphatic hydroxyl groups is 9. The van der Waals surface area contributed by atoms with E-state index in [0.717, 1.165) is 51.4 Å². The lowest BCUT2D eigenvalue weighted by Crippen LogP contribution is -2.65. The number of hydrogen-bond donors (Lipinski definition) is 9. The van der Waals surface area contributed by atoms with Crippen LogP contribution in [0.4, 0.5) is 0 Å². The van der Waals surface area contributed by atoms with Crippen molar-refractivity contribution < 1.29 is 69.6 Å². The summed E-state index contributed by atoms with van der Waals surface area (Å²) in [6.07, 6.45) is -7.91. The maximum Gasteiger partial charge on any atom is 0.187 e. The van der Waals surface area contributed by atoms with Crippen molar-refractivity contribution in [2.45, 2.75) is 198 Å². The molecule has 3 aliphatic heterocycles. The first kappa shape index (κ1) is 42.1. The van der Waals surface area contributed by atoms with Gasteiger partial charge in [-0.15, -0.1) is 0 Å². The topological polar surface area (TPSA) is 228 Å². The minimum atomic E-state index is -1.75. The average Bonchev–Trinajstić information content (AvgIpc) is 3.64. The van der Waals surface area contributed by atoms with Crippen molar-refractivity contribution in [1.82, 2.24) is 0 Å². The molecule has 22 atom stereocenters. The van der Waals surface area contributed by atoms with Gasteiger partial charge < -0.3 is 69.6 Å². The van der Waals surface area contributed by atoms with Gasteiger partial charge in [-0.1, -0.05) is 34.6 Å². The van der Waals surface area contributed by atoms with Crippen LogP contribution in [0.5, 0.6) is 0 Å². The van der Waals surface area contributed by atoms with Crippen LogP contribution in [-0.4, -0.2) is 151 Å². The molecule has 0 amide bonds. The molecule has 8 rings (SSSR count). The second-order valence-corrected chi connectivity index (χ2v) is 21.2. The van der Waals surface area contributed by atoms with Gasteiger partial charge in [0.1, 0.15) is 48.8 Å². The lowest BCUT2D eigenvalue weighted by atomic mass is 9.41. The van der Waals surface area contributed by atoms with Crippen molar-refractivity contribution in [2.24, 2.45) is 50.7 Å². The molecule has 2 spiro atoms. The maximum absolute atomic E-state index is 12.0. The Morgan fingerprint density at radius 2 is 1.27 bits per heavy atom. The standard InChI is InChI=1S/C42H70O14/c1-19(21-14-26(46)38(4,5)56-21)28-20(45)15-40(7)25-9-8-24-37(2,3)27(10-11-41(24)18-42(25,41)13-12-39(28,40)6)54-36-33(51)34(30(48)23(17-44)53-36)55-35-32(50)31(49)29(47)22(16-43)52-35/h19-36,43-51H,8-18H2,1-7H3/t19-,20+,21-,22-,23-,24+,25+,26+,27+,28+,29-,30-,31+,32-,33-,34+,35-,36+,39-,40+,41-,42+/m1/s1. The zero-order chi connectivity index (χ0) is 40.7. The quantitative estimate of drug-likeness (QED) is 0.156. The van der Waals surface area contributed by atoms with E-state index in [1.165, 1.54) is 0 Å². The second-order valence-electron chi connectivity index (χ2n) is 21.2. The van der Waals surface area contributed by atoms with E-state index < -0.39 is 92.4 Å². The van der Waals surface area contributed by atoms with Gasteiger partial charge in [-0.3, -0.25) is 0 Å². The second kappa shape index (κ2) is 14.0. The van der Waals surface area contributed by atoms with Gasteiger partial charge in [0.05, 0.1) is 43.2 Å². The van der Waals surface area contributed by atoms with Crippen molar-refractivity contribution in [3.63, 3.8) is 0 Å². The first-order chi connectivity index (χ1) is 26.1. The third-order valence-corrected chi connectivity index (χ3v) is 18.2. The molecule has 3 heterocycles. The van der Waals surface area contributed by atoms with Crippen molar-refractivity contribution in [1.29, 1.82) is 0 Å². The van der Waals surface area contributed by atoms with Crippen LogP contribution in [0.3, 0.4) is 0 Å². The number of ether oxygens (including phenoxy) is 5. The van der Waals surface area contributed by atoms with Crippen molar-refractivity contribution in [3.05, 3.63) is 0 Å². The summed E-state index contributed by atoms with van der Waals surface area (Å²) >= 11 is 0. The van der Waals surface area contributed by atoms with E-state index in [2.05, 4.69) is 34.6 Å². The Bertz CT molecular complexity index is 1460. The molecule has 0 radical (unpaired) electrons. The van der Waals surface area contributed by atoms with E-state index in [1.54, 1.807) is 0 Å². The molecule has 0 bridgehead atoms. The molecule has 5 saturated carbocycles. The van der Waals surface area contributed by atoms with Crippen LogP contribution in [0.25, 0.3) is 0 Å². The molecule has 0 aromatic heterocycles. The van der Waals surface area contributed by atoms with Gasteiger partial charge in [-0.25, -0.2) is 0 Å². The summed E-state index contributed by atoms with van der Waals surface area (Å²) in [6, 6.07) is 0. The Kier molecular flexibility index (Phi) is 10.5. The minimum absolute atomic E-state index is 0.0432. The molecule has 8 aliphatic rings. The molecule has 322 valence electrons. The Labute approximate surface area is 330 Å². The first-order valence-electron chi connectivity index (χ1n) is 21.4. The SMILES string of the molecule is C[C@@H]([C@H]1[C@@H](O)C[C@@]2(C)[C@@H]3CC[C@H]4C(C)(C)[C@@H](O[C@@H]5O[C@H](CO)[C@@H](O)[C@H](O[C@H]6O[C@H](CO)[C@@H](O)[C@H](O)[C@H]6O)[C@H]5O)CC[C@@]45C[C@@]35CC[C@]12C)[C@H]1C[C@H](O)C(C)(C)O1. The van der Waals surface area contributed by atoms with E-state index in [1.807, 2.05) is 13.8 Å². The smallest absolute Gasteiger partial charge is 0.187 e.